The van der Waals surface area contributed by atoms with Crippen LogP contribution in [0.15, 0.2) is 34.2 Å². The molecule has 9 nitrogen and oxygen atoms in total. The van der Waals surface area contributed by atoms with Gasteiger partial charge >= 0.3 is 11.9 Å². The molecular formula is C14H11F3N6O3. The summed E-state index contributed by atoms with van der Waals surface area (Å²) < 4.78 is 39.7. The van der Waals surface area contributed by atoms with Crippen molar-refractivity contribution in [2.45, 2.75) is 12.7 Å². The molecule has 2 N–H and O–H groups in total. The van der Waals surface area contributed by atoms with Crippen molar-refractivity contribution in [3.05, 3.63) is 51.2 Å². The number of alkyl halides is 3. The summed E-state index contributed by atoms with van der Waals surface area (Å²) in [7, 11) is 1.41. The van der Waals surface area contributed by atoms with E-state index >= 15 is 0 Å². The monoisotopic (exact) mass is 368 g/mol. The van der Waals surface area contributed by atoms with Crippen LogP contribution in [-0.2, 0) is 24.6 Å². The van der Waals surface area contributed by atoms with Gasteiger partial charge in [-0.1, -0.05) is 0 Å². The Morgan fingerprint density at radius 1 is 1.27 bits per heavy atom. The molecule has 0 unspecified atom stereocenters. The van der Waals surface area contributed by atoms with Crippen LogP contribution in [0.3, 0.4) is 0 Å². The molecule has 0 spiro atoms. The Hall–Kier alpha value is -3.44. The molecule has 0 fully saturated rings. The zero-order chi connectivity index (χ0) is 19.1. The zero-order valence-electron chi connectivity index (χ0n) is 13.2. The summed E-state index contributed by atoms with van der Waals surface area (Å²) in [4.78, 5) is 44.8. The van der Waals surface area contributed by atoms with Crippen molar-refractivity contribution in [2.75, 3.05) is 5.32 Å². The molecule has 136 valence electrons. The number of imidazole rings is 1. The third-order valence-corrected chi connectivity index (χ3v) is 3.53. The number of rotatable bonds is 3. The van der Waals surface area contributed by atoms with Crippen molar-refractivity contribution in [2.24, 2.45) is 7.05 Å². The lowest BCUT2D eigenvalue weighted by atomic mass is 10.3. The first-order valence-electron chi connectivity index (χ1n) is 7.14. The van der Waals surface area contributed by atoms with Gasteiger partial charge in [0.05, 0.1) is 18.2 Å². The number of amides is 1. The normalized spacial score (nSPS) is 11.7. The van der Waals surface area contributed by atoms with Crippen LogP contribution in [0.25, 0.3) is 11.2 Å². The number of hydrogen-bond donors (Lipinski definition) is 2. The van der Waals surface area contributed by atoms with E-state index in [-0.39, 0.29) is 23.4 Å². The van der Waals surface area contributed by atoms with Gasteiger partial charge in [0.2, 0.25) is 5.91 Å². The van der Waals surface area contributed by atoms with Crippen LogP contribution in [0.5, 0.6) is 0 Å². The average Bonchev–Trinajstić information content (AvgIpc) is 2.96. The number of nitrogens with zero attached hydrogens (tertiary/aromatic N) is 4. The standard InChI is InChI=1S/C14H11F3N6O3/c1-22-11-10(12(25)21-13(22)26)23(6-19-11)5-9(24)20-7-2-3-8(18-4-7)14(15,16)17/h2-4,6H,5H2,1H3,(H,20,24)(H,21,25,26). The molecule has 0 aliphatic rings. The fourth-order valence-electron chi connectivity index (χ4n) is 2.30. The molecule has 0 aliphatic carbocycles. The fourth-order valence-corrected chi connectivity index (χ4v) is 2.30. The van der Waals surface area contributed by atoms with Crippen molar-refractivity contribution in [1.82, 2.24) is 24.1 Å². The van der Waals surface area contributed by atoms with Crippen LogP contribution >= 0.6 is 0 Å². The molecule has 12 heteroatoms. The second-order valence-electron chi connectivity index (χ2n) is 5.34. The molecule has 0 bridgehead atoms. The van der Waals surface area contributed by atoms with Gasteiger partial charge in [-0.2, -0.15) is 13.2 Å². The Kier molecular flexibility index (Phi) is 4.10. The molecule has 0 saturated heterocycles. The van der Waals surface area contributed by atoms with Gasteiger partial charge in [0.1, 0.15) is 12.2 Å². The largest absolute Gasteiger partial charge is 0.433 e. The highest BCUT2D eigenvalue weighted by Crippen LogP contribution is 2.27. The molecule has 3 rings (SSSR count). The quantitative estimate of drug-likeness (QED) is 0.698. The molecule has 0 atom stereocenters. The minimum Gasteiger partial charge on any atom is -0.323 e. The number of aromatic amines is 1. The zero-order valence-corrected chi connectivity index (χ0v) is 13.2. The molecule has 3 aromatic rings. The van der Waals surface area contributed by atoms with Gasteiger partial charge < -0.3 is 9.88 Å². The van der Waals surface area contributed by atoms with Gasteiger partial charge in [-0.05, 0) is 12.1 Å². The first-order valence-corrected chi connectivity index (χ1v) is 7.14. The van der Waals surface area contributed by atoms with Crippen LogP contribution < -0.4 is 16.6 Å². The maximum Gasteiger partial charge on any atom is 0.433 e. The Morgan fingerprint density at radius 3 is 2.62 bits per heavy atom. The predicted octanol–water partition coefficient (Wildman–Crippen LogP) is 0.476. The van der Waals surface area contributed by atoms with Crippen molar-refractivity contribution < 1.29 is 18.0 Å². The number of anilines is 1. The first-order chi connectivity index (χ1) is 12.2. The molecule has 26 heavy (non-hydrogen) atoms. The summed E-state index contributed by atoms with van der Waals surface area (Å²) in [5.41, 5.74) is -2.24. The van der Waals surface area contributed by atoms with Crippen LogP contribution in [-0.4, -0.2) is 30.0 Å². The maximum absolute atomic E-state index is 12.5. The average molecular weight is 368 g/mol. The Bertz CT molecular complexity index is 1090. The number of aromatic nitrogens is 5. The summed E-state index contributed by atoms with van der Waals surface area (Å²) in [6, 6.07) is 1.80. The molecule has 3 aromatic heterocycles. The Balaban J connectivity index is 1.81. The number of aryl methyl sites for hydroxylation is 1. The summed E-state index contributed by atoms with van der Waals surface area (Å²) in [6.45, 7) is -0.335. The minimum absolute atomic E-state index is 0.0211. The Labute approximate surface area is 142 Å². The van der Waals surface area contributed by atoms with Gasteiger partial charge in [0.15, 0.2) is 11.2 Å². The van der Waals surface area contributed by atoms with Crippen LogP contribution in [0.2, 0.25) is 0 Å². The van der Waals surface area contributed by atoms with E-state index in [9.17, 15) is 27.6 Å². The van der Waals surface area contributed by atoms with Crippen LogP contribution in [0, 0.1) is 0 Å². The van der Waals surface area contributed by atoms with Crippen LogP contribution in [0.1, 0.15) is 5.69 Å². The van der Waals surface area contributed by atoms with Crippen molar-refractivity contribution in [1.29, 1.82) is 0 Å². The highest BCUT2D eigenvalue weighted by Gasteiger charge is 2.32. The van der Waals surface area contributed by atoms with E-state index in [0.717, 1.165) is 22.9 Å². The second kappa shape index (κ2) is 6.13. The summed E-state index contributed by atoms with van der Waals surface area (Å²) >= 11 is 0. The number of H-pyrrole nitrogens is 1. The number of hydrogen-bond acceptors (Lipinski definition) is 5. The third kappa shape index (κ3) is 3.20. The molecule has 0 radical (unpaired) electrons. The predicted molar refractivity (Wildman–Crippen MR) is 83.5 cm³/mol. The number of pyridine rings is 1. The lowest BCUT2D eigenvalue weighted by Gasteiger charge is -2.08. The summed E-state index contributed by atoms with van der Waals surface area (Å²) in [5, 5.41) is 2.37. The third-order valence-electron chi connectivity index (χ3n) is 3.53. The van der Waals surface area contributed by atoms with E-state index in [4.69, 9.17) is 0 Å². The molecule has 3 heterocycles. The number of halogens is 3. The highest BCUT2D eigenvalue weighted by molar-refractivity contribution is 5.91. The van der Waals surface area contributed by atoms with Crippen molar-refractivity contribution >= 4 is 22.8 Å². The highest BCUT2D eigenvalue weighted by atomic mass is 19.4. The molecule has 0 aliphatic heterocycles. The van der Waals surface area contributed by atoms with Gasteiger partial charge in [-0.25, -0.2) is 14.8 Å². The first kappa shape index (κ1) is 17.4. The molecular weight excluding hydrogens is 357 g/mol. The number of fused-ring (bicyclic) bond motifs is 1. The Morgan fingerprint density at radius 2 is 2.00 bits per heavy atom. The maximum atomic E-state index is 12.5. The lowest BCUT2D eigenvalue weighted by molar-refractivity contribution is -0.141. The summed E-state index contributed by atoms with van der Waals surface area (Å²) in [5.74, 6) is -0.612. The summed E-state index contributed by atoms with van der Waals surface area (Å²) in [6.07, 6.45) is -2.48. The topological polar surface area (TPSA) is 115 Å². The van der Waals surface area contributed by atoms with Gasteiger partial charge in [0.25, 0.3) is 5.56 Å². The number of carbonyl (C=O) groups excluding carboxylic acids is 1. The van der Waals surface area contributed by atoms with E-state index in [1.807, 2.05) is 0 Å². The fraction of sp³-hybridized carbons (Fsp3) is 0.214. The smallest absolute Gasteiger partial charge is 0.323 e. The van der Waals surface area contributed by atoms with E-state index in [1.165, 1.54) is 17.9 Å². The lowest BCUT2D eigenvalue weighted by Crippen LogP contribution is -2.30. The number of carbonyl (C=O) groups is 1. The van der Waals surface area contributed by atoms with E-state index in [1.54, 1.807) is 0 Å². The molecule has 0 aromatic carbocycles. The SMILES string of the molecule is Cn1c(=O)[nH]c(=O)c2c1ncn2CC(=O)Nc1ccc(C(F)(F)F)nc1. The van der Waals surface area contributed by atoms with Gasteiger partial charge in [0, 0.05) is 7.05 Å². The van der Waals surface area contributed by atoms with Crippen LogP contribution in [0.4, 0.5) is 18.9 Å². The van der Waals surface area contributed by atoms with Crippen molar-refractivity contribution in [3.63, 3.8) is 0 Å². The molecule has 1 amide bonds. The molecule has 0 saturated carbocycles. The minimum atomic E-state index is -4.57. The van der Waals surface area contributed by atoms with E-state index in [0.29, 0.717) is 0 Å². The van der Waals surface area contributed by atoms with E-state index in [2.05, 4.69) is 20.3 Å². The second-order valence-corrected chi connectivity index (χ2v) is 5.34. The van der Waals surface area contributed by atoms with E-state index < -0.39 is 29.0 Å². The van der Waals surface area contributed by atoms with Gasteiger partial charge in [-0.15, -0.1) is 0 Å². The van der Waals surface area contributed by atoms with Gasteiger partial charge in [-0.3, -0.25) is 19.1 Å². The van der Waals surface area contributed by atoms with Crippen molar-refractivity contribution in [3.8, 4) is 0 Å². The number of nitrogens with one attached hydrogen (secondary N) is 2.